The van der Waals surface area contributed by atoms with Gasteiger partial charge < -0.3 is 5.73 Å². The Bertz CT molecular complexity index is 434. The normalized spacial score (nSPS) is 10.3. The van der Waals surface area contributed by atoms with Crippen LogP contribution in [0.4, 0.5) is 4.39 Å². The third kappa shape index (κ3) is 2.19. The van der Waals surface area contributed by atoms with Crippen LogP contribution in [-0.2, 0) is 6.54 Å². The summed E-state index contributed by atoms with van der Waals surface area (Å²) in [5.41, 5.74) is 8.49. The summed E-state index contributed by atoms with van der Waals surface area (Å²) in [5, 5.41) is 0. The fourth-order valence-corrected chi connectivity index (χ4v) is 1.38. The second-order valence-corrected chi connectivity index (χ2v) is 3.27. The Labute approximate surface area is 87.6 Å². The lowest BCUT2D eigenvalue weighted by Crippen LogP contribution is -1.95. The van der Waals surface area contributed by atoms with Gasteiger partial charge in [-0.15, -0.1) is 0 Å². The second kappa shape index (κ2) is 4.19. The number of rotatable bonds is 2. The van der Waals surface area contributed by atoms with Crippen LogP contribution in [0.2, 0.25) is 0 Å². The molecule has 0 fully saturated rings. The van der Waals surface area contributed by atoms with Gasteiger partial charge in [0.15, 0.2) is 0 Å². The number of nitrogens with two attached hydrogens (primary N) is 1. The molecule has 0 saturated carbocycles. The second-order valence-electron chi connectivity index (χ2n) is 3.27. The van der Waals surface area contributed by atoms with Crippen molar-refractivity contribution >= 4 is 0 Å². The summed E-state index contributed by atoms with van der Waals surface area (Å²) in [6.07, 6.45) is 1.52. The highest BCUT2D eigenvalue weighted by atomic mass is 19.1. The van der Waals surface area contributed by atoms with Crippen LogP contribution >= 0.6 is 0 Å². The van der Waals surface area contributed by atoms with Crippen molar-refractivity contribution < 1.29 is 4.39 Å². The Hall–Kier alpha value is -1.74. The predicted molar refractivity (Wildman–Crippen MR) is 57.5 cm³/mol. The Morgan fingerprint density at radius 2 is 1.67 bits per heavy atom. The van der Waals surface area contributed by atoms with Crippen LogP contribution in [0.1, 0.15) is 5.56 Å². The number of nitrogens with zero attached hydrogens (tertiary/aromatic N) is 1. The number of hydrogen-bond donors (Lipinski definition) is 1. The molecular formula is C12H11FN2. The van der Waals surface area contributed by atoms with Gasteiger partial charge in [-0.1, -0.05) is 24.3 Å². The van der Waals surface area contributed by atoms with Crippen molar-refractivity contribution in [3.63, 3.8) is 0 Å². The van der Waals surface area contributed by atoms with E-state index in [0.29, 0.717) is 6.54 Å². The zero-order valence-corrected chi connectivity index (χ0v) is 8.15. The molecular weight excluding hydrogens is 191 g/mol. The van der Waals surface area contributed by atoms with E-state index in [9.17, 15) is 4.39 Å². The number of hydrogen-bond acceptors (Lipinski definition) is 2. The van der Waals surface area contributed by atoms with Crippen LogP contribution in [0.5, 0.6) is 0 Å². The summed E-state index contributed by atoms with van der Waals surface area (Å²) in [5.74, 6) is -0.461. The number of pyridine rings is 1. The van der Waals surface area contributed by atoms with Gasteiger partial charge in [-0.2, -0.15) is 4.39 Å². The highest BCUT2D eigenvalue weighted by Crippen LogP contribution is 2.18. The van der Waals surface area contributed by atoms with Gasteiger partial charge in [0.25, 0.3) is 0 Å². The van der Waals surface area contributed by atoms with Crippen LogP contribution in [0, 0.1) is 5.95 Å². The Kier molecular flexibility index (Phi) is 2.74. The van der Waals surface area contributed by atoms with Gasteiger partial charge in [0.05, 0.1) is 0 Å². The molecule has 0 radical (unpaired) electrons. The zero-order valence-electron chi connectivity index (χ0n) is 8.15. The molecule has 0 atom stereocenters. The summed E-state index contributed by atoms with van der Waals surface area (Å²) in [7, 11) is 0. The first-order chi connectivity index (χ1) is 7.29. The van der Waals surface area contributed by atoms with Crippen LogP contribution in [0.15, 0.2) is 42.6 Å². The Balaban J connectivity index is 2.33. The van der Waals surface area contributed by atoms with Gasteiger partial charge >= 0.3 is 0 Å². The molecule has 1 heterocycles. The topological polar surface area (TPSA) is 38.9 Å². The van der Waals surface area contributed by atoms with Crippen molar-refractivity contribution in [3.05, 3.63) is 54.1 Å². The fourth-order valence-electron chi connectivity index (χ4n) is 1.38. The van der Waals surface area contributed by atoms with Crippen molar-refractivity contribution in [2.24, 2.45) is 5.73 Å². The quantitative estimate of drug-likeness (QED) is 0.759. The van der Waals surface area contributed by atoms with Crippen LogP contribution in [0.25, 0.3) is 11.1 Å². The van der Waals surface area contributed by atoms with Crippen molar-refractivity contribution in [2.75, 3.05) is 0 Å². The number of halogens is 1. The maximum absolute atomic E-state index is 12.6. The highest BCUT2D eigenvalue weighted by Gasteiger charge is 1.98. The molecule has 3 heteroatoms. The predicted octanol–water partition coefficient (Wildman–Crippen LogP) is 2.35. The first-order valence-electron chi connectivity index (χ1n) is 4.70. The standard InChI is InChI=1S/C12H11FN2/c13-12-6-5-11(8-15-12)10-3-1-9(7-14)2-4-10/h1-6,8H,7,14H2. The molecule has 0 aliphatic heterocycles. The zero-order chi connectivity index (χ0) is 10.7. The lowest BCUT2D eigenvalue weighted by molar-refractivity contribution is 0.584. The fraction of sp³-hybridized carbons (Fsp3) is 0.0833. The van der Waals surface area contributed by atoms with E-state index < -0.39 is 5.95 Å². The maximum Gasteiger partial charge on any atom is 0.212 e. The van der Waals surface area contributed by atoms with Gasteiger partial charge in [0, 0.05) is 18.3 Å². The van der Waals surface area contributed by atoms with E-state index in [1.54, 1.807) is 6.07 Å². The molecule has 2 aromatic rings. The third-order valence-electron chi connectivity index (χ3n) is 2.25. The van der Waals surface area contributed by atoms with E-state index in [-0.39, 0.29) is 0 Å². The van der Waals surface area contributed by atoms with E-state index in [2.05, 4.69) is 4.98 Å². The summed E-state index contributed by atoms with van der Waals surface area (Å²) in [6.45, 7) is 0.530. The maximum atomic E-state index is 12.6. The monoisotopic (exact) mass is 202 g/mol. The molecule has 2 N–H and O–H groups in total. The van der Waals surface area contributed by atoms with Crippen LogP contribution in [-0.4, -0.2) is 4.98 Å². The van der Waals surface area contributed by atoms with Crippen LogP contribution in [0.3, 0.4) is 0 Å². The van der Waals surface area contributed by atoms with Gasteiger partial charge in [-0.05, 0) is 23.3 Å². The number of aromatic nitrogens is 1. The molecule has 76 valence electrons. The minimum absolute atomic E-state index is 0.461. The van der Waals surface area contributed by atoms with Crippen molar-refractivity contribution in [3.8, 4) is 11.1 Å². The molecule has 0 unspecified atom stereocenters. The lowest BCUT2D eigenvalue weighted by Gasteiger charge is -2.02. The van der Waals surface area contributed by atoms with Gasteiger partial charge in [0.2, 0.25) is 5.95 Å². The van der Waals surface area contributed by atoms with Crippen molar-refractivity contribution in [1.29, 1.82) is 0 Å². The molecule has 2 nitrogen and oxygen atoms in total. The van der Waals surface area contributed by atoms with Gasteiger partial charge in [-0.25, -0.2) is 4.98 Å². The van der Waals surface area contributed by atoms with E-state index >= 15 is 0 Å². The largest absolute Gasteiger partial charge is 0.326 e. The number of benzene rings is 1. The van der Waals surface area contributed by atoms with Gasteiger partial charge in [0.1, 0.15) is 0 Å². The molecule has 0 spiro atoms. The molecule has 0 aliphatic carbocycles. The average Bonchev–Trinajstić information content (AvgIpc) is 2.30. The first kappa shape index (κ1) is 9.80. The third-order valence-corrected chi connectivity index (χ3v) is 2.25. The molecule has 2 rings (SSSR count). The van der Waals surface area contributed by atoms with E-state index in [1.807, 2.05) is 24.3 Å². The minimum atomic E-state index is -0.461. The Morgan fingerprint density at radius 3 is 2.20 bits per heavy atom. The van der Waals surface area contributed by atoms with Gasteiger partial charge in [-0.3, -0.25) is 0 Å². The Morgan fingerprint density at radius 1 is 1.00 bits per heavy atom. The minimum Gasteiger partial charge on any atom is -0.326 e. The highest BCUT2D eigenvalue weighted by molar-refractivity contribution is 5.62. The first-order valence-corrected chi connectivity index (χ1v) is 4.70. The van der Waals surface area contributed by atoms with Crippen LogP contribution < -0.4 is 5.73 Å². The summed E-state index contributed by atoms with van der Waals surface area (Å²) >= 11 is 0. The lowest BCUT2D eigenvalue weighted by atomic mass is 10.1. The molecule has 0 amide bonds. The molecule has 0 aliphatic rings. The molecule has 0 saturated heterocycles. The smallest absolute Gasteiger partial charge is 0.212 e. The van der Waals surface area contributed by atoms with E-state index in [1.165, 1.54) is 12.3 Å². The average molecular weight is 202 g/mol. The summed E-state index contributed by atoms with van der Waals surface area (Å²) in [4.78, 5) is 3.61. The molecule has 1 aromatic heterocycles. The van der Waals surface area contributed by atoms with Crippen molar-refractivity contribution in [2.45, 2.75) is 6.54 Å². The SMILES string of the molecule is NCc1ccc(-c2ccc(F)nc2)cc1. The van der Waals surface area contributed by atoms with Crippen molar-refractivity contribution in [1.82, 2.24) is 4.98 Å². The molecule has 1 aromatic carbocycles. The molecule has 15 heavy (non-hydrogen) atoms. The summed E-state index contributed by atoms with van der Waals surface area (Å²) < 4.78 is 12.6. The molecule has 0 bridgehead atoms. The van der Waals surface area contributed by atoms with E-state index in [0.717, 1.165) is 16.7 Å². The summed E-state index contributed by atoms with van der Waals surface area (Å²) in [6, 6.07) is 10.9. The van der Waals surface area contributed by atoms with E-state index in [4.69, 9.17) is 5.73 Å².